The lowest BCUT2D eigenvalue weighted by molar-refractivity contribution is -0.137. The Kier molecular flexibility index (Phi) is 7.66. The zero-order chi connectivity index (χ0) is 26.8. The molecule has 5 nitrogen and oxygen atoms in total. The Bertz CT molecular complexity index is 1380. The minimum Gasteiger partial charge on any atom is -0.361 e. The number of aromatic nitrogens is 4. The molecular formula is C28H31F3N4OSi. The standard InChI is InChI=1S/C28H31F3N4OSi/c1-19-17-32-20(2)24(33-19)26-25(22-12-9-13-23(16-22)28(29,30)31)34-27(21-10-7-6-8-11-21)35(26)18-36-14-15-37(3,4)5/h6-13,16-17H,14-15,18H2,1-5H3. The first-order valence-electron chi connectivity index (χ1n) is 12.2. The molecule has 0 aliphatic rings. The van der Waals surface area contributed by atoms with Gasteiger partial charge in [0.25, 0.3) is 0 Å². The predicted molar refractivity (Wildman–Crippen MR) is 143 cm³/mol. The van der Waals surface area contributed by atoms with Gasteiger partial charge >= 0.3 is 6.18 Å². The predicted octanol–water partition coefficient (Wildman–Crippen LogP) is 7.62. The third-order valence-electron chi connectivity index (χ3n) is 5.98. The van der Waals surface area contributed by atoms with Crippen LogP contribution in [-0.2, 0) is 17.6 Å². The molecule has 0 unspecified atom stereocenters. The van der Waals surface area contributed by atoms with Crippen LogP contribution in [0.5, 0.6) is 0 Å². The summed E-state index contributed by atoms with van der Waals surface area (Å²) in [4.78, 5) is 14.1. The lowest BCUT2D eigenvalue weighted by atomic mass is 10.0. The van der Waals surface area contributed by atoms with Crippen LogP contribution in [0.4, 0.5) is 13.2 Å². The van der Waals surface area contributed by atoms with E-state index < -0.39 is 19.8 Å². The van der Waals surface area contributed by atoms with Crippen LogP contribution < -0.4 is 0 Å². The summed E-state index contributed by atoms with van der Waals surface area (Å²) in [7, 11) is -1.32. The molecule has 0 spiro atoms. The number of hydrogen-bond acceptors (Lipinski definition) is 4. The summed E-state index contributed by atoms with van der Waals surface area (Å²) in [5.41, 5.74) is 3.35. The molecule has 0 atom stereocenters. The summed E-state index contributed by atoms with van der Waals surface area (Å²) in [5, 5.41) is 0. The Labute approximate surface area is 216 Å². The molecule has 4 rings (SSSR count). The Morgan fingerprint density at radius 3 is 2.27 bits per heavy atom. The minimum atomic E-state index is -4.47. The van der Waals surface area contributed by atoms with Crippen molar-refractivity contribution in [3.8, 4) is 34.0 Å². The lowest BCUT2D eigenvalue weighted by Crippen LogP contribution is -2.22. The van der Waals surface area contributed by atoms with Gasteiger partial charge < -0.3 is 4.74 Å². The van der Waals surface area contributed by atoms with Gasteiger partial charge in [0.15, 0.2) is 0 Å². The van der Waals surface area contributed by atoms with E-state index in [4.69, 9.17) is 14.7 Å². The molecule has 2 heterocycles. The number of alkyl halides is 3. The molecule has 37 heavy (non-hydrogen) atoms. The van der Waals surface area contributed by atoms with Crippen molar-refractivity contribution >= 4 is 8.07 Å². The molecule has 0 radical (unpaired) electrons. The fourth-order valence-corrected chi connectivity index (χ4v) is 4.72. The van der Waals surface area contributed by atoms with Crippen molar-refractivity contribution in [2.45, 2.75) is 52.4 Å². The van der Waals surface area contributed by atoms with E-state index in [-0.39, 0.29) is 6.73 Å². The maximum atomic E-state index is 13.6. The molecule has 194 valence electrons. The van der Waals surface area contributed by atoms with Gasteiger partial charge in [-0.3, -0.25) is 9.55 Å². The van der Waals surface area contributed by atoms with E-state index in [1.165, 1.54) is 6.07 Å². The van der Waals surface area contributed by atoms with Crippen LogP contribution in [0.25, 0.3) is 34.0 Å². The minimum absolute atomic E-state index is 0.186. The molecule has 0 aliphatic heterocycles. The first-order chi connectivity index (χ1) is 17.4. The van der Waals surface area contributed by atoms with E-state index in [0.29, 0.717) is 46.5 Å². The van der Waals surface area contributed by atoms with Gasteiger partial charge in [-0.25, -0.2) is 9.97 Å². The van der Waals surface area contributed by atoms with Crippen LogP contribution in [0, 0.1) is 13.8 Å². The molecule has 0 fully saturated rings. The molecule has 0 N–H and O–H groups in total. The Morgan fingerprint density at radius 2 is 1.59 bits per heavy atom. The van der Waals surface area contributed by atoms with Crippen LogP contribution in [0.1, 0.15) is 17.0 Å². The molecule has 0 bridgehead atoms. The average molecular weight is 525 g/mol. The van der Waals surface area contributed by atoms with Gasteiger partial charge in [0, 0.05) is 32.0 Å². The zero-order valence-electron chi connectivity index (χ0n) is 21.7. The first kappa shape index (κ1) is 26.8. The maximum Gasteiger partial charge on any atom is 0.416 e. The van der Waals surface area contributed by atoms with Crippen molar-refractivity contribution < 1.29 is 17.9 Å². The second kappa shape index (κ2) is 10.6. The van der Waals surface area contributed by atoms with Crippen molar-refractivity contribution in [2.24, 2.45) is 0 Å². The molecular weight excluding hydrogens is 493 g/mol. The molecule has 0 saturated heterocycles. The van der Waals surface area contributed by atoms with Gasteiger partial charge in [-0.15, -0.1) is 0 Å². The highest BCUT2D eigenvalue weighted by Crippen LogP contribution is 2.39. The highest BCUT2D eigenvalue weighted by molar-refractivity contribution is 6.76. The smallest absolute Gasteiger partial charge is 0.361 e. The van der Waals surface area contributed by atoms with Crippen molar-refractivity contribution in [2.75, 3.05) is 6.61 Å². The van der Waals surface area contributed by atoms with Crippen LogP contribution in [0.3, 0.4) is 0 Å². The van der Waals surface area contributed by atoms with Crippen molar-refractivity contribution in [3.63, 3.8) is 0 Å². The third kappa shape index (κ3) is 6.34. The van der Waals surface area contributed by atoms with Crippen molar-refractivity contribution in [1.29, 1.82) is 0 Å². The Morgan fingerprint density at radius 1 is 0.892 bits per heavy atom. The quantitative estimate of drug-likeness (QED) is 0.176. The SMILES string of the molecule is Cc1cnc(C)c(-c2c(-c3cccc(C(F)(F)F)c3)nc(-c3ccccc3)n2COCC[Si](C)(C)C)n1. The van der Waals surface area contributed by atoms with Gasteiger partial charge in [0.1, 0.15) is 18.2 Å². The fourth-order valence-electron chi connectivity index (χ4n) is 3.97. The van der Waals surface area contributed by atoms with Crippen molar-refractivity contribution in [1.82, 2.24) is 19.5 Å². The van der Waals surface area contributed by atoms with Crippen LogP contribution in [0.2, 0.25) is 25.7 Å². The summed E-state index contributed by atoms with van der Waals surface area (Å²) in [6.07, 6.45) is -2.80. The largest absolute Gasteiger partial charge is 0.416 e. The number of ether oxygens (including phenoxy) is 1. The summed E-state index contributed by atoms with van der Waals surface area (Å²) in [5.74, 6) is 0.596. The zero-order valence-corrected chi connectivity index (χ0v) is 22.7. The highest BCUT2D eigenvalue weighted by atomic mass is 28.3. The highest BCUT2D eigenvalue weighted by Gasteiger charge is 2.32. The summed E-state index contributed by atoms with van der Waals surface area (Å²) in [6.45, 7) is 11.3. The van der Waals surface area contributed by atoms with Crippen LogP contribution in [-0.4, -0.2) is 34.2 Å². The Balaban J connectivity index is 1.95. The lowest BCUT2D eigenvalue weighted by Gasteiger charge is -2.18. The van der Waals surface area contributed by atoms with Crippen molar-refractivity contribution in [3.05, 3.63) is 77.7 Å². The normalized spacial score (nSPS) is 12.2. The van der Waals surface area contributed by atoms with E-state index in [1.807, 2.05) is 48.7 Å². The molecule has 0 amide bonds. The number of aryl methyl sites for hydroxylation is 2. The van der Waals surface area contributed by atoms with E-state index in [1.54, 1.807) is 12.3 Å². The van der Waals surface area contributed by atoms with Gasteiger partial charge in [-0.1, -0.05) is 62.1 Å². The number of benzene rings is 2. The van der Waals surface area contributed by atoms with E-state index in [0.717, 1.165) is 23.7 Å². The number of nitrogens with zero attached hydrogens (tertiary/aromatic N) is 4. The molecule has 2 aromatic carbocycles. The molecule has 0 saturated carbocycles. The number of hydrogen-bond donors (Lipinski definition) is 0. The average Bonchev–Trinajstić information content (AvgIpc) is 3.22. The van der Waals surface area contributed by atoms with Crippen LogP contribution >= 0.6 is 0 Å². The topological polar surface area (TPSA) is 52.8 Å². The van der Waals surface area contributed by atoms with E-state index in [9.17, 15) is 13.2 Å². The second-order valence-corrected chi connectivity index (χ2v) is 15.9. The summed E-state index contributed by atoms with van der Waals surface area (Å²) >= 11 is 0. The molecule has 4 aromatic rings. The molecule has 9 heteroatoms. The number of imidazole rings is 1. The fraction of sp³-hybridized carbons (Fsp3) is 0.321. The Hall–Kier alpha value is -3.30. The van der Waals surface area contributed by atoms with E-state index >= 15 is 0 Å². The molecule has 2 aromatic heterocycles. The third-order valence-corrected chi connectivity index (χ3v) is 7.68. The number of halogens is 3. The van der Waals surface area contributed by atoms with E-state index in [2.05, 4.69) is 24.6 Å². The number of rotatable bonds is 8. The van der Waals surface area contributed by atoms with Gasteiger partial charge in [-0.05, 0) is 32.0 Å². The summed E-state index contributed by atoms with van der Waals surface area (Å²) in [6, 6.07) is 15.8. The molecule has 0 aliphatic carbocycles. The summed E-state index contributed by atoms with van der Waals surface area (Å²) < 4.78 is 48.9. The van der Waals surface area contributed by atoms with Crippen LogP contribution in [0.15, 0.2) is 60.8 Å². The van der Waals surface area contributed by atoms with Gasteiger partial charge in [-0.2, -0.15) is 13.2 Å². The van der Waals surface area contributed by atoms with Gasteiger partial charge in [0.2, 0.25) is 0 Å². The van der Waals surface area contributed by atoms with Gasteiger partial charge in [0.05, 0.1) is 28.3 Å². The monoisotopic (exact) mass is 524 g/mol. The second-order valence-electron chi connectivity index (χ2n) is 10.3. The first-order valence-corrected chi connectivity index (χ1v) is 15.9. The maximum absolute atomic E-state index is 13.6.